The van der Waals surface area contributed by atoms with Crippen LogP contribution in [0.15, 0.2) is 18.5 Å². The van der Waals surface area contributed by atoms with Crippen molar-refractivity contribution in [3.63, 3.8) is 0 Å². The molecule has 14 heteroatoms. The number of fused-ring (bicyclic) bond motifs is 1. The summed E-state index contributed by atoms with van der Waals surface area (Å²) >= 11 is -1.51. The summed E-state index contributed by atoms with van der Waals surface area (Å²) in [7, 11) is 1.40. The van der Waals surface area contributed by atoms with Crippen LogP contribution in [0.3, 0.4) is 0 Å². The largest absolute Gasteiger partial charge is 0.598 e. The lowest BCUT2D eigenvalue weighted by molar-refractivity contribution is -0.0935. The molecule has 2 aromatic heterocycles. The van der Waals surface area contributed by atoms with Gasteiger partial charge in [0.2, 0.25) is 5.92 Å². The number of hydrogen-bond acceptors (Lipinski definition) is 6. The standard InChI is InChI=1S/C25H38F4N6O3S/c1-22(2,3)39(37)33-17(8-9-23(4,5)24(6,26)27)18-12-35-20(32-18)10-16(11-31-35)19(13-38-7)34-15-25(28,29)14-30-21(34)36/h10-12,17,19,33H,8-9,13-15H2,1-7H3,(H,30,36)/t17-,19+,39?/m0/s1. The van der Waals surface area contributed by atoms with Crippen LogP contribution >= 0.6 is 0 Å². The average Bonchev–Trinajstić information content (AvgIpc) is 3.23. The van der Waals surface area contributed by atoms with Gasteiger partial charge in [0.15, 0.2) is 5.65 Å². The van der Waals surface area contributed by atoms with Crippen molar-refractivity contribution < 1.29 is 31.6 Å². The molecule has 1 aliphatic rings. The van der Waals surface area contributed by atoms with E-state index in [-0.39, 0.29) is 19.4 Å². The zero-order valence-corrected chi connectivity index (χ0v) is 24.2. The average molecular weight is 579 g/mol. The number of carbonyl (C=O) groups is 1. The fourth-order valence-electron chi connectivity index (χ4n) is 4.02. The zero-order chi connectivity index (χ0) is 29.4. The van der Waals surface area contributed by atoms with E-state index in [4.69, 9.17) is 4.74 Å². The number of rotatable bonds is 11. The number of nitrogens with zero attached hydrogens (tertiary/aromatic N) is 4. The Morgan fingerprint density at radius 3 is 2.51 bits per heavy atom. The molecule has 3 rings (SSSR count). The van der Waals surface area contributed by atoms with Gasteiger partial charge < -0.3 is 19.5 Å². The molecule has 2 N–H and O–H groups in total. The number of halogens is 4. The van der Waals surface area contributed by atoms with Crippen LogP contribution in [0.2, 0.25) is 0 Å². The number of ether oxygens (including phenoxy) is 1. The maximum atomic E-state index is 14.2. The van der Waals surface area contributed by atoms with E-state index in [2.05, 4.69) is 20.1 Å². The smallest absolute Gasteiger partial charge is 0.318 e. The van der Waals surface area contributed by atoms with E-state index in [0.29, 0.717) is 16.9 Å². The van der Waals surface area contributed by atoms with Crippen LogP contribution in [0.5, 0.6) is 0 Å². The first-order valence-electron chi connectivity index (χ1n) is 12.7. The number of imidazole rings is 1. The topological polar surface area (TPSA) is 107 Å². The number of nitrogens with one attached hydrogen (secondary N) is 2. The van der Waals surface area contributed by atoms with E-state index in [1.165, 1.54) is 31.7 Å². The third-order valence-electron chi connectivity index (χ3n) is 7.02. The molecule has 9 nitrogen and oxygen atoms in total. The summed E-state index contributed by atoms with van der Waals surface area (Å²) in [5, 5.41) is 6.55. The molecule has 0 radical (unpaired) electrons. The van der Waals surface area contributed by atoms with E-state index < -0.39 is 64.6 Å². The summed E-state index contributed by atoms with van der Waals surface area (Å²) in [6.45, 7) is 7.67. The van der Waals surface area contributed by atoms with E-state index in [1.807, 2.05) is 0 Å². The Hall–Kier alpha value is -2.16. The van der Waals surface area contributed by atoms with E-state index in [9.17, 15) is 26.9 Å². The molecular formula is C25H38F4N6O3S. The van der Waals surface area contributed by atoms with E-state index in [0.717, 1.165) is 11.8 Å². The molecule has 2 aromatic rings. The lowest BCUT2D eigenvalue weighted by atomic mass is 9.80. The minimum absolute atomic E-state index is 0.0516. The number of urea groups is 1. The van der Waals surface area contributed by atoms with Crippen molar-refractivity contribution in [1.82, 2.24) is 29.5 Å². The van der Waals surface area contributed by atoms with Crippen LogP contribution in [0.1, 0.15) is 77.7 Å². The van der Waals surface area contributed by atoms with Gasteiger partial charge in [-0.25, -0.2) is 31.9 Å². The minimum atomic E-state index is -3.11. The number of carbonyl (C=O) groups excluding carboxylic acids is 1. The Morgan fingerprint density at radius 1 is 1.26 bits per heavy atom. The maximum Gasteiger partial charge on any atom is 0.318 e. The summed E-state index contributed by atoms with van der Waals surface area (Å²) in [5.41, 5.74) is -0.0892. The molecule has 1 saturated heterocycles. The van der Waals surface area contributed by atoms with Gasteiger partial charge in [-0.3, -0.25) is 0 Å². The molecule has 1 aliphatic heterocycles. The van der Waals surface area contributed by atoms with Gasteiger partial charge in [0.25, 0.3) is 5.92 Å². The fourth-order valence-corrected chi connectivity index (χ4v) is 4.87. The highest BCUT2D eigenvalue weighted by molar-refractivity contribution is 7.90. The zero-order valence-electron chi connectivity index (χ0n) is 23.4. The molecule has 0 aromatic carbocycles. The predicted molar refractivity (Wildman–Crippen MR) is 140 cm³/mol. The van der Waals surface area contributed by atoms with Crippen molar-refractivity contribution in [3.8, 4) is 0 Å². The first-order chi connectivity index (χ1) is 17.8. The lowest BCUT2D eigenvalue weighted by Crippen LogP contribution is -2.58. The Balaban J connectivity index is 1.95. The summed E-state index contributed by atoms with van der Waals surface area (Å²) in [6, 6.07) is -0.509. The molecule has 0 bridgehead atoms. The van der Waals surface area contributed by atoms with Gasteiger partial charge in [0, 0.05) is 29.5 Å². The summed E-state index contributed by atoms with van der Waals surface area (Å²) in [4.78, 5) is 18.1. The summed E-state index contributed by atoms with van der Waals surface area (Å²) < 4.78 is 78.6. The molecule has 39 heavy (non-hydrogen) atoms. The van der Waals surface area contributed by atoms with Gasteiger partial charge in [-0.05, 0) is 46.6 Å². The summed E-state index contributed by atoms with van der Waals surface area (Å²) in [5.74, 6) is -6.04. The highest BCUT2D eigenvalue weighted by Crippen LogP contribution is 2.41. The minimum Gasteiger partial charge on any atom is -0.598 e. The number of amides is 2. The van der Waals surface area contributed by atoms with Gasteiger partial charge in [-0.15, -0.1) is 4.72 Å². The number of alkyl halides is 4. The Bertz CT molecular complexity index is 1150. The highest BCUT2D eigenvalue weighted by atomic mass is 32.2. The third kappa shape index (κ3) is 7.53. The molecule has 3 heterocycles. The molecule has 2 amide bonds. The van der Waals surface area contributed by atoms with Crippen molar-refractivity contribution >= 4 is 23.0 Å². The van der Waals surface area contributed by atoms with Crippen molar-refractivity contribution in [2.24, 2.45) is 5.41 Å². The van der Waals surface area contributed by atoms with E-state index in [1.54, 1.807) is 33.0 Å². The number of methoxy groups -OCH3 is 1. The Kier molecular flexibility index (Phi) is 9.15. The van der Waals surface area contributed by atoms with Gasteiger partial charge >= 0.3 is 6.03 Å². The fraction of sp³-hybridized carbons (Fsp3) is 0.720. The van der Waals surface area contributed by atoms with Crippen LogP contribution < -0.4 is 10.0 Å². The second-order valence-corrected chi connectivity index (χ2v) is 13.7. The van der Waals surface area contributed by atoms with Gasteiger partial charge in [0.05, 0.1) is 49.9 Å². The quantitative estimate of drug-likeness (QED) is 0.298. The first kappa shape index (κ1) is 31.4. The Labute approximate surface area is 229 Å². The molecule has 1 fully saturated rings. The number of aromatic nitrogens is 3. The first-order valence-corrected chi connectivity index (χ1v) is 13.8. The summed E-state index contributed by atoms with van der Waals surface area (Å²) in [6.07, 6.45) is 3.40. The van der Waals surface area contributed by atoms with Crippen molar-refractivity contribution in [3.05, 3.63) is 29.7 Å². The third-order valence-corrected chi connectivity index (χ3v) is 8.63. The van der Waals surface area contributed by atoms with Crippen molar-refractivity contribution in [2.75, 3.05) is 26.8 Å². The lowest BCUT2D eigenvalue weighted by Gasteiger charge is -2.38. The van der Waals surface area contributed by atoms with Gasteiger partial charge in [-0.1, -0.05) is 13.8 Å². The molecule has 0 saturated carbocycles. The van der Waals surface area contributed by atoms with Gasteiger partial charge in [0.1, 0.15) is 4.75 Å². The van der Waals surface area contributed by atoms with Crippen LogP contribution in [0.25, 0.3) is 5.65 Å². The SMILES string of the molecule is COC[C@H](c1cnn2cc([C@H](CCC(C)(C)C(C)(F)F)N[S+]([O-])C(C)(C)C)nc2c1)N1CC(F)(F)CNC1=O. The van der Waals surface area contributed by atoms with Crippen LogP contribution in [-0.2, 0) is 16.1 Å². The van der Waals surface area contributed by atoms with Gasteiger partial charge in [-0.2, -0.15) is 5.10 Å². The normalized spacial score (nSPS) is 19.2. The maximum absolute atomic E-state index is 14.2. The highest BCUT2D eigenvalue weighted by Gasteiger charge is 2.43. The van der Waals surface area contributed by atoms with Crippen LogP contribution in [-0.4, -0.2) is 73.5 Å². The molecule has 220 valence electrons. The molecule has 3 atom stereocenters. The van der Waals surface area contributed by atoms with Crippen LogP contribution in [0.4, 0.5) is 22.4 Å². The van der Waals surface area contributed by atoms with Crippen LogP contribution in [0, 0.1) is 5.41 Å². The van der Waals surface area contributed by atoms with Crippen molar-refractivity contribution in [2.45, 2.75) is 83.1 Å². The molecular weight excluding hydrogens is 540 g/mol. The molecule has 1 unspecified atom stereocenters. The Morgan fingerprint density at radius 2 is 1.92 bits per heavy atom. The second kappa shape index (κ2) is 11.4. The molecule has 0 spiro atoms. The van der Waals surface area contributed by atoms with Crippen molar-refractivity contribution in [1.29, 1.82) is 0 Å². The monoisotopic (exact) mass is 578 g/mol. The predicted octanol–water partition coefficient (Wildman–Crippen LogP) is 4.63. The van der Waals surface area contributed by atoms with E-state index >= 15 is 0 Å². The molecule has 0 aliphatic carbocycles. The number of hydrogen-bond donors (Lipinski definition) is 2. The second-order valence-electron chi connectivity index (χ2n) is 11.7.